The molecule has 2 aromatic rings. The van der Waals surface area contributed by atoms with E-state index in [0.29, 0.717) is 15.7 Å². The minimum Gasteiger partial charge on any atom is -0.508 e. The topological polar surface area (TPSA) is 107 Å². The second-order valence-corrected chi connectivity index (χ2v) is 7.48. The first-order chi connectivity index (χ1) is 12.9. The van der Waals surface area contributed by atoms with Crippen LogP contribution in [0, 0.1) is 11.8 Å². The summed E-state index contributed by atoms with van der Waals surface area (Å²) in [6.07, 6.45) is 0. The van der Waals surface area contributed by atoms with Crippen LogP contribution in [0.3, 0.4) is 0 Å². The number of carbonyl (C=O) groups excluding carboxylic acids is 2. The van der Waals surface area contributed by atoms with E-state index in [1.54, 1.807) is 42.5 Å². The average molecular weight is 431 g/mol. The summed E-state index contributed by atoms with van der Waals surface area (Å²) >= 11 is 3.31. The van der Waals surface area contributed by atoms with Crippen molar-refractivity contribution in [3.63, 3.8) is 0 Å². The third kappa shape index (κ3) is 2.72. The predicted molar refractivity (Wildman–Crippen MR) is 99.0 cm³/mol. The van der Waals surface area contributed by atoms with Crippen LogP contribution < -0.4 is 10.2 Å². The van der Waals surface area contributed by atoms with Crippen molar-refractivity contribution in [2.24, 2.45) is 11.8 Å². The summed E-state index contributed by atoms with van der Waals surface area (Å²) in [4.78, 5) is 38.9. The number of nitrogens with zero attached hydrogens (tertiary/aromatic N) is 1. The van der Waals surface area contributed by atoms with E-state index >= 15 is 0 Å². The van der Waals surface area contributed by atoms with Crippen molar-refractivity contribution in [1.29, 1.82) is 0 Å². The second-order valence-electron chi connectivity index (χ2n) is 6.56. The molecule has 4 rings (SSSR count). The van der Waals surface area contributed by atoms with E-state index in [0.717, 1.165) is 4.90 Å². The maximum atomic E-state index is 13.1. The molecule has 2 heterocycles. The zero-order valence-corrected chi connectivity index (χ0v) is 15.5. The van der Waals surface area contributed by atoms with Crippen LogP contribution in [0.2, 0.25) is 0 Å². The third-order valence-electron chi connectivity index (χ3n) is 5.08. The maximum Gasteiger partial charge on any atom is 0.321 e. The third-order valence-corrected chi connectivity index (χ3v) is 5.57. The Balaban J connectivity index is 1.80. The molecule has 2 aromatic carbocycles. The predicted octanol–water partition coefficient (Wildman–Crippen LogP) is 2.06. The van der Waals surface area contributed by atoms with Gasteiger partial charge >= 0.3 is 5.97 Å². The van der Waals surface area contributed by atoms with Gasteiger partial charge in [-0.3, -0.25) is 19.7 Å². The van der Waals surface area contributed by atoms with E-state index in [1.807, 2.05) is 0 Å². The maximum absolute atomic E-state index is 13.1. The zero-order valence-electron chi connectivity index (χ0n) is 13.9. The Hall–Kier alpha value is -2.71. The highest BCUT2D eigenvalue weighted by Gasteiger charge is 2.61. The molecule has 27 heavy (non-hydrogen) atoms. The summed E-state index contributed by atoms with van der Waals surface area (Å²) in [5, 5.41) is 22.6. The van der Waals surface area contributed by atoms with E-state index in [4.69, 9.17) is 0 Å². The summed E-state index contributed by atoms with van der Waals surface area (Å²) in [6.45, 7) is 0. The van der Waals surface area contributed by atoms with Crippen LogP contribution in [0.4, 0.5) is 5.69 Å². The molecule has 0 aromatic heterocycles. The number of aromatic hydroxyl groups is 1. The fourth-order valence-corrected chi connectivity index (χ4v) is 4.33. The van der Waals surface area contributed by atoms with Crippen molar-refractivity contribution in [2.75, 3.05) is 4.90 Å². The van der Waals surface area contributed by atoms with E-state index in [2.05, 4.69) is 21.2 Å². The second kappa shape index (κ2) is 6.47. The minimum atomic E-state index is -1.21. The number of imide groups is 1. The Labute approximate surface area is 162 Å². The molecule has 3 N–H and O–H groups in total. The molecular formula is C19H15BrN2O5. The molecule has 2 amide bonds. The molecule has 4 atom stereocenters. The molecule has 2 fully saturated rings. The lowest BCUT2D eigenvalue weighted by Crippen LogP contribution is -2.43. The molecule has 2 aliphatic heterocycles. The Morgan fingerprint density at radius 1 is 1.04 bits per heavy atom. The number of carboxylic acid groups (broad SMARTS) is 1. The normalized spacial score (nSPS) is 27.1. The molecule has 0 bridgehead atoms. The Morgan fingerprint density at radius 2 is 1.74 bits per heavy atom. The number of carboxylic acids is 1. The summed E-state index contributed by atoms with van der Waals surface area (Å²) in [7, 11) is 0. The number of aliphatic carboxylic acids is 1. The van der Waals surface area contributed by atoms with Crippen LogP contribution in [0.25, 0.3) is 0 Å². The van der Waals surface area contributed by atoms with E-state index in [-0.39, 0.29) is 5.75 Å². The minimum absolute atomic E-state index is 0.0547. The number of carbonyl (C=O) groups is 3. The van der Waals surface area contributed by atoms with E-state index < -0.39 is 41.7 Å². The lowest BCUT2D eigenvalue weighted by molar-refractivity contribution is -0.142. The number of phenols is 1. The molecule has 7 nitrogen and oxygen atoms in total. The average Bonchev–Trinajstić information content (AvgIpc) is 3.13. The van der Waals surface area contributed by atoms with E-state index in [9.17, 15) is 24.6 Å². The van der Waals surface area contributed by atoms with Crippen molar-refractivity contribution in [3.05, 3.63) is 58.6 Å². The van der Waals surface area contributed by atoms with Crippen LogP contribution >= 0.6 is 15.9 Å². The van der Waals surface area contributed by atoms with Crippen molar-refractivity contribution in [3.8, 4) is 5.75 Å². The smallest absolute Gasteiger partial charge is 0.321 e. The largest absolute Gasteiger partial charge is 0.508 e. The van der Waals surface area contributed by atoms with E-state index in [1.165, 1.54) is 6.07 Å². The highest BCUT2D eigenvalue weighted by molar-refractivity contribution is 9.10. The summed E-state index contributed by atoms with van der Waals surface area (Å²) < 4.78 is 0.697. The summed E-state index contributed by atoms with van der Waals surface area (Å²) in [6, 6.07) is 11.1. The summed E-state index contributed by atoms with van der Waals surface area (Å²) in [5.41, 5.74) is 0.780. The van der Waals surface area contributed by atoms with Crippen LogP contribution in [-0.2, 0) is 14.4 Å². The highest BCUT2D eigenvalue weighted by atomic mass is 79.9. The lowest BCUT2D eigenvalue weighted by atomic mass is 9.86. The van der Waals surface area contributed by atoms with Gasteiger partial charge in [0.2, 0.25) is 11.8 Å². The first-order valence-corrected chi connectivity index (χ1v) is 9.09. The van der Waals surface area contributed by atoms with Gasteiger partial charge in [-0.2, -0.15) is 0 Å². The van der Waals surface area contributed by atoms with Gasteiger partial charge in [0.1, 0.15) is 11.8 Å². The molecule has 8 heteroatoms. The van der Waals surface area contributed by atoms with Gasteiger partial charge in [-0.15, -0.1) is 0 Å². The number of hydrogen-bond donors (Lipinski definition) is 3. The van der Waals surface area contributed by atoms with Crippen LogP contribution in [0.1, 0.15) is 11.6 Å². The van der Waals surface area contributed by atoms with Crippen LogP contribution in [0.15, 0.2) is 53.0 Å². The number of halogens is 1. The number of rotatable bonds is 3. The number of fused-ring (bicyclic) bond motifs is 1. The Bertz CT molecular complexity index is 963. The van der Waals surface area contributed by atoms with Crippen LogP contribution in [-0.4, -0.2) is 34.0 Å². The van der Waals surface area contributed by atoms with Gasteiger partial charge in [0, 0.05) is 16.1 Å². The molecule has 0 unspecified atom stereocenters. The Morgan fingerprint density at radius 3 is 2.41 bits per heavy atom. The molecule has 0 radical (unpaired) electrons. The molecule has 2 aliphatic rings. The number of hydrogen-bond acceptors (Lipinski definition) is 5. The first kappa shape index (κ1) is 17.7. The zero-order chi connectivity index (χ0) is 19.3. The van der Waals surface area contributed by atoms with Crippen molar-refractivity contribution < 1.29 is 24.6 Å². The van der Waals surface area contributed by atoms with Gasteiger partial charge < -0.3 is 10.2 Å². The standard InChI is InChI=1S/C19H15BrN2O5/c20-9-4-3-5-10(8-9)22-17(24)13-14(18(22)25)16(19(26)27)21-15(13)11-6-1-2-7-12(11)23/h1-8,13-16,21,23H,(H,26,27)/t13-,14+,15-,16-/m1/s1. The fourth-order valence-electron chi connectivity index (χ4n) is 3.94. The number of anilines is 1. The van der Waals surface area contributed by atoms with Crippen molar-refractivity contribution >= 4 is 39.4 Å². The van der Waals surface area contributed by atoms with Gasteiger partial charge in [0.15, 0.2) is 0 Å². The van der Waals surface area contributed by atoms with Gasteiger partial charge in [0.25, 0.3) is 0 Å². The number of para-hydroxylation sites is 1. The van der Waals surface area contributed by atoms with Gasteiger partial charge in [-0.1, -0.05) is 40.2 Å². The van der Waals surface area contributed by atoms with Gasteiger partial charge in [-0.25, -0.2) is 4.90 Å². The highest BCUT2D eigenvalue weighted by Crippen LogP contribution is 2.47. The van der Waals surface area contributed by atoms with Crippen molar-refractivity contribution in [1.82, 2.24) is 5.32 Å². The number of amides is 2. The monoisotopic (exact) mass is 430 g/mol. The Kier molecular flexibility index (Phi) is 4.24. The summed E-state index contributed by atoms with van der Waals surface area (Å²) in [5.74, 6) is -4.25. The van der Waals surface area contributed by atoms with Crippen LogP contribution in [0.5, 0.6) is 5.75 Å². The molecule has 0 spiro atoms. The van der Waals surface area contributed by atoms with Crippen molar-refractivity contribution in [2.45, 2.75) is 12.1 Å². The number of phenolic OH excluding ortho intramolecular Hbond substituents is 1. The molecule has 2 saturated heterocycles. The molecular weight excluding hydrogens is 416 g/mol. The molecule has 138 valence electrons. The first-order valence-electron chi connectivity index (χ1n) is 8.30. The molecule has 0 aliphatic carbocycles. The van der Waals surface area contributed by atoms with Gasteiger partial charge in [0.05, 0.1) is 17.5 Å². The fraction of sp³-hybridized carbons (Fsp3) is 0.211. The SMILES string of the molecule is O=C(O)[C@@H]1N[C@H](c2ccccc2O)[C@@H]2C(=O)N(c3cccc(Br)c3)C(=O)[C@@H]21. The quantitative estimate of drug-likeness (QED) is 0.643. The number of benzene rings is 2. The lowest BCUT2D eigenvalue weighted by Gasteiger charge is -2.22. The number of nitrogens with one attached hydrogen (secondary N) is 1. The van der Waals surface area contributed by atoms with Gasteiger partial charge in [-0.05, 0) is 24.3 Å². The molecule has 0 saturated carbocycles.